The van der Waals surface area contributed by atoms with Gasteiger partial charge in [-0.15, -0.1) is 0 Å². The molecular formula is C22H33N3O2. The van der Waals surface area contributed by atoms with E-state index >= 15 is 0 Å². The van der Waals surface area contributed by atoms with E-state index in [2.05, 4.69) is 36.5 Å². The van der Waals surface area contributed by atoms with Gasteiger partial charge in [0.1, 0.15) is 0 Å². The minimum absolute atomic E-state index is 0.0517. The van der Waals surface area contributed by atoms with E-state index in [-0.39, 0.29) is 11.9 Å². The lowest BCUT2D eigenvalue weighted by Crippen LogP contribution is -2.46. The second-order valence-electron chi connectivity index (χ2n) is 7.99. The van der Waals surface area contributed by atoms with Crippen molar-refractivity contribution in [2.45, 2.75) is 64.3 Å². The molecule has 3 amide bonds. The molecule has 0 atom stereocenters. The number of rotatable bonds is 4. The van der Waals surface area contributed by atoms with Gasteiger partial charge in [-0.25, -0.2) is 4.79 Å². The van der Waals surface area contributed by atoms with Crippen LogP contribution in [0, 0.1) is 6.92 Å². The Kier molecular flexibility index (Phi) is 7.13. The summed E-state index contributed by atoms with van der Waals surface area (Å²) in [5.41, 5.74) is 2.45. The molecule has 1 N–H and O–H groups in total. The van der Waals surface area contributed by atoms with Crippen LogP contribution in [-0.2, 0) is 11.2 Å². The molecule has 2 aliphatic rings. The summed E-state index contributed by atoms with van der Waals surface area (Å²) in [7, 11) is 0. The molecular weight excluding hydrogens is 338 g/mol. The quantitative estimate of drug-likeness (QED) is 0.881. The average Bonchev–Trinajstić information content (AvgIpc) is 2.94. The predicted molar refractivity (Wildman–Crippen MR) is 108 cm³/mol. The van der Waals surface area contributed by atoms with Crippen molar-refractivity contribution in [3.8, 4) is 0 Å². The second-order valence-corrected chi connectivity index (χ2v) is 7.99. The van der Waals surface area contributed by atoms with Crippen LogP contribution in [0.5, 0.6) is 0 Å². The van der Waals surface area contributed by atoms with Gasteiger partial charge in [0, 0.05) is 38.6 Å². The molecule has 1 saturated heterocycles. The monoisotopic (exact) mass is 371 g/mol. The zero-order chi connectivity index (χ0) is 19.1. The fourth-order valence-corrected chi connectivity index (χ4v) is 4.05. The van der Waals surface area contributed by atoms with Gasteiger partial charge in [0.25, 0.3) is 0 Å². The molecule has 0 unspecified atom stereocenters. The van der Waals surface area contributed by atoms with Crippen LogP contribution in [0.15, 0.2) is 24.3 Å². The molecule has 27 heavy (non-hydrogen) atoms. The summed E-state index contributed by atoms with van der Waals surface area (Å²) >= 11 is 0. The minimum atomic E-state index is 0.0517. The van der Waals surface area contributed by atoms with Crippen molar-refractivity contribution in [1.82, 2.24) is 15.1 Å². The Morgan fingerprint density at radius 2 is 1.59 bits per heavy atom. The van der Waals surface area contributed by atoms with Crippen LogP contribution in [0.25, 0.3) is 0 Å². The van der Waals surface area contributed by atoms with Gasteiger partial charge in [0.05, 0.1) is 0 Å². The lowest BCUT2D eigenvalue weighted by Gasteiger charge is -2.27. The number of aryl methyl sites for hydroxylation is 2. The highest BCUT2D eigenvalue weighted by Gasteiger charge is 2.24. The Hall–Kier alpha value is -2.04. The van der Waals surface area contributed by atoms with Crippen molar-refractivity contribution in [2.75, 3.05) is 26.2 Å². The third-order valence-electron chi connectivity index (χ3n) is 5.82. The Balaban J connectivity index is 1.43. The summed E-state index contributed by atoms with van der Waals surface area (Å²) in [6.07, 6.45) is 8.09. The van der Waals surface area contributed by atoms with E-state index in [1.807, 2.05) is 9.80 Å². The van der Waals surface area contributed by atoms with Gasteiger partial charge in [-0.1, -0.05) is 49.1 Å². The molecule has 5 heteroatoms. The summed E-state index contributed by atoms with van der Waals surface area (Å²) < 4.78 is 0. The van der Waals surface area contributed by atoms with Crippen molar-refractivity contribution in [2.24, 2.45) is 0 Å². The van der Waals surface area contributed by atoms with Crippen LogP contribution >= 0.6 is 0 Å². The number of hydrogen-bond donors (Lipinski definition) is 1. The molecule has 0 aromatic heterocycles. The van der Waals surface area contributed by atoms with E-state index in [9.17, 15) is 9.59 Å². The fourth-order valence-electron chi connectivity index (χ4n) is 4.05. The molecule has 2 fully saturated rings. The smallest absolute Gasteiger partial charge is 0.317 e. The summed E-state index contributed by atoms with van der Waals surface area (Å²) in [5, 5.41) is 3.20. The lowest BCUT2D eigenvalue weighted by atomic mass is 9.96. The maximum Gasteiger partial charge on any atom is 0.317 e. The van der Waals surface area contributed by atoms with E-state index < -0.39 is 0 Å². The van der Waals surface area contributed by atoms with Crippen LogP contribution in [0.1, 0.15) is 56.1 Å². The number of nitrogens with zero attached hydrogens (tertiary/aromatic N) is 2. The molecule has 1 aliphatic carbocycles. The van der Waals surface area contributed by atoms with E-state index in [4.69, 9.17) is 0 Å². The maximum absolute atomic E-state index is 12.6. The topological polar surface area (TPSA) is 52.7 Å². The summed E-state index contributed by atoms with van der Waals surface area (Å²) in [6.45, 7) is 4.84. The number of hydrogen-bond acceptors (Lipinski definition) is 2. The van der Waals surface area contributed by atoms with Crippen LogP contribution in [0.2, 0.25) is 0 Å². The fraction of sp³-hybridized carbons (Fsp3) is 0.636. The van der Waals surface area contributed by atoms with Crippen molar-refractivity contribution >= 4 is 11.9 Å². The first-order chi connectivity index (χ1) is 13.1. The normalized spacial score (nSPS) is 18.9. The number of benzene rings is 1. The minimum Gasteiger partial charge on any atom is -0.341 e. The first-order valence-electron chi connectivity index (χ1n) is 10.5. The van der Waals surface area contributed by atoms with Crippen LogP contribution in [-0.4, -0.2) is 54.0 Å². The van der Waals surface area contributed by atoms with E-state index in [0.29, 0.717) is 25.6 Å². The Morgan fingerprint density at radius 3 is 2.33 bits per heavy atom. The molecule has 3 rings (SSSR count). The number of amides is 3. The Morgan fingerprint density at radius 1 is 0.926 bits per heavy atom. The highest BCUT2D eigenvalue weighted by atomic mass is 16.2. The van der Waals surface area contributed by atoms with E-state index in [1.54, 1.807) is 0 Å². The van der Waals surface area contributed by atoms with Crippen molar-refractivity contribution in [3.63, 3.8) is 0 Å². The SMILES string of the molecule is Cc1ccc(CCC(=O)N2CCCN(C(=O)NC3CCCCC3)CC2)cc1. The van der Waals surface area contributed by atoms with Gasteiger partial charge >= 0.3 is 6.03 Å². The first kappa shape index (κ1) is 19.7. The second kappa shape index (κ2) is 9.77. The highest BCUT2D eigenvalue weighted by Crippen LogP contribution is 2.18. The molecule has 5 nitrogen and oxygen atoms in total. The molecule has 1 heterocycles. The largest absolute Gasteiger partial charge is 0.341 e. The predicted octanol–water partition coefficient (Wildman–Crippen LogP) is 3.50. The third-order valence-corrected chi connectivity index (χ3v) is 5.82. The molecule has 148 valence electrons. The summed E-state index contributed by atoms with van der Waals surface area (Å²) in [6, 6.07) is 8.77. The van der Waals surface area contributed by atoms with Crippen molar-refractivity contribution in [3.05, 3.63) is 35.4 Å². The molecule has 1 aliphatic heterocycles. The third kappa shape index (κ3) is 5.98. The number of urea groups is 1. The van der Waals surface area contributed by atoms with Gasteiger partial charge < -0.3 is 15.1 Å². The van der Waals surface area contributed by atoms with Crippen molar-refractivity contribution in [1.29, 1.82) is 0 Å². The van der Waals surface area contributed by atoms with Crippen molar-refractivity contribution < 1.29 is 9.59 Å². The Labute approximate surface area is 163 Å². The van der Waals surface area contributed by atoms with Gasteiger partial charge in [-0.2, -0.15) is 0 Å². The first-order valence-corrected chi connectivity index (χ1v) is 10.5. The summed E-state index contributed by atoms with van der Waals surface area (Å²) in [4.78, 5) is 29.0. The zero-order valence-corrected chi connectivity index (χ0v) is 16.6. The van der Waals surface area contributed by atoms with Crippen LogP contribution in [0.3, 0.4) is 0 Å². The Bertz CT molecular complexity index is 623. The number of carbonyl (C=O) groups excluding carboxylic acids is 2. The maximum atomic E-state index is 12.6. The molecule has 1 saturated carbocycles. The number of carbonyl (C=O) groups is 2. The molecule has 0 spiro atoms. The van der Waals surface area contributed by atoms with Crippen LogP contribution < -0.4 is 5.32 Å². The standard InChI is InChI=1S/C22H33N3O2/c1-18-8-10-19(11-9-18)12-13-21(26)24-14-5-15-25(17-16-24)22(27)23-20-6-3-2-4-7-20/h8-11,20H,2-7,12-17H2,1H3,(H,23,27). The number of nitrogens with one attached hydrogen (secondary N) is 1. The molecule has 1 aromatic rings. The van der Waals surface area contributed by atoms with E-state index in [1.165, 1.54) is 30.4 Å². The average molecular weight is 372 g/mol. The summed E-state index contributed by atoms with van der Waals surface area (Å²) in [5.74, 6) is 0.199. The van der Waals surface area contributed by atoms with Crippen LogP contribution in [0.4, 0.5) is 4.79 Å². The molecule has 0 radical (unpaired) electrons. The lowest BCUT2D eigenvalue weighted by molar-refractivity contribution is -0.131. The zero-order valence-electron chi connectivity index (χ0n) is 16.6. The molecule has 1 aromatic carbocycles. The van der Waals surface area contributed by atoms with Gasteiger partial charge in [-0.3, -0.25) is 4.79 Å². The van der Waals surface area contributed by atoms with Gasteiger partial charge in [0.2, 0.25) is 5.91 Å². The van der Waals surface area contributed by atoms with Gasteiger partial charge in [0.15, 0.2) is 0 Å². The van der Waals surface area contributed by atoms with Gasteiger partial charge in [-0.05, 0) is 38.2 Å². The highest BCUT2D eigenvalue weighted by molar-refractivity contribution is 5.77. The van der Waals surface area contributed by atoms with E-state index in [0.717, 1.165) is 38.8 Å². The molecule has 0 bridgehead atoms.